The third-order valence-corrected chi connectivity index (χ3v) is 2.45. The Morgan fingerprint density at radius 2 is 2.05 bits per heavy atom. The van der Waals surface area contributed by atoms with E-state index in [4.69, 9.17) is 5.11 Å². The van der Waals surface area contributed by atoms with E-state index in [1.54, 1.807) is 6.07 Å². The minimum absolute atomic E-state index is 0.0179. The van der Waals surface area contributed by atoms with Crippen molar-refractivity contribution in [3.05, 3.63) is 29.6 Å². The lowest BCUT2D eigenvalue weighted by atomic mass is 10.2. The predicted octanol–water partition coefficient (Wildman–Crippen LogP) is -0.126. The zero-order chi connectivity index (χ0) is 14.4. The van der Waals surface area contributed by atoms with Crippen LogP contribution >= 0.6 is 0 Å². The highest BCUT2D eigenvalue weighted by Crippen LogP contribution is 2.00. The molecular formula is C12H15N3O4. The van der Waals surface area contributed by atoms with Gasteiger partial charge in [-0.2, -0.15) is 0 Å². The summed E-state index contributed by atoms with van der Waals surface area (Å²) in [5.74, 6) is -1.58. The molecule has 1 aromatic heterocycles. The van der Waals surface area contributed by atoms with E-state index in [0.29, 0.717) is 5.56 Å². The fraction of sp³-hybridized carbons (Fsp3) is 0.333. The van der Waals surface area contributed by atoms with E-state index in [1.807, 2.05) is 0 Å². The molecule has 0 aromatic carbocycles. The van der Waals surface area contributed by atoms with Crippen LogP contribution in [0, 0.1) is 0 Å². The highest BCUT2D eigenvalue weighted by molar-refractivity contribution is 5.85. The van der Waals surface area contributed by atoms with Gasteiger partial charge in [-0.05, 0) is 11.6 Å². The molecule has 7 heteroatoms. The maximum atomic E-state index is 11.5. The maximum Gasteiger partial charge on any atom is 0.354 e. The molecule has 19 heavy (non-hydrogen) atoms. The van der Waals surface area contributed by atoms with E-state index in [1.165, 1.54) is 31.1 Å². The highest BCUT2D eigenvalue weighted by atomic mass is 16.4. The average Bonchev–Trinajstić information content (AvgIpc) is 2.36. The van der Waals surface area contributed by atoms with Crippen LogP contribution in [-0.4, -0.2) is 46.4 Å². The topological polar surface area (TPSA) is 99.6 Å². The lowest BCUT2D eigenvalue weighted by Crippen LogP contribution is -2.37. The van der Waals surface area contributed by atoms with E-state index < -0.39 is 5.97 Å². The number of hydrogen-bond donors (Lipinski definition) is 2. The summed E-state index contributed by atoms with van der Waals surface area (Å²) in [5.41, 5.74) is 0.634. The number of likely N-dealkylation sites (N-methyl/N-ethyl adjacent to an activating group) is 1. The number of rotatable bonds is 5. The number of carboxylic acid groups (broad SMARTS) is 1. The first kappa shape index (κ1) is 14.6. The molecule has 1 heterocycles. The lowest BCUT2D eigenvalue weighted by Gasteiger charge is -2.14. The van der Waals surface area contributed by atoms with Crippen LogP contribution in [0.4, 0.5) is 0 Å². The fourth-order valence-corrected chi connectivity index (χ4v) is 1.24. The lowest BCUT2D eigenvalue weighted by molar-refractivity contribution is -0.133. The van der Waals surface area contributed by atoms with Crippen LogP contribution in [0.5, 0.6) is 0 Å². The number of carbonyl (C=O) groups is 3. The molecule has 0 aliphatic heterocycles. The molecule has 0 unspecified atom stereocenters. The zero-order valence-corrected chi connectivity index (χ0v) is 10.7. The van der Waals surface area contributed by atoms with Crippen molar-refractivity contribution in [1.29, 1.82) is 0 Å². The van der Waals surface area contributed by atoms with Crippen LogP contribution in [0.15, 0.2) is 18.3 Å². The third kappa shape index (κ3) is 4.74. The van der Waals surface area contributed by atoms with Crippen LogP contribution in [0.25, 0.3) is 0 Å². The summed E-state index contributed by atoms with van der Waals surface area (Å²) in [7, 11) is 1.53. The molecule has 0 aliphatic rings. The van der Waals surface area contributed by atoms with E-state index >= 15 is 0 Å². The fourth-order valence-electron chi connectivity index (χ4n) is 1.24. The smallest absolute Gasteiger partial charge is 0.354 e. The first-order chi connectivity index (χ1) is 8.90. The standard InChI is InChI=1S/C12H15N3O4/c1-8(16)15(2)7-11(17)14-6-9-3-4-10(12(18)19)13-5-9/h3-5H,6-7H2,1-2H3,(H,14,17)(H,18,19). The zero-order valence-electron chi connectivity index (χ0n) is 10.7. The van der Waals surface area contributed by atoms with E-state index in [-0.39, 0.29) is 30.6 Å². The summed E-state index contributed by atoms with van der Waals surface area (Å²) in [6.45, 7) is 1.59. The molecule has 0 radical (unpaired) electrons. The maximum absolute atomic E-state index is 11.5. The minimum atomic E-state index is -1.10. The quantitative estimate of drug-likeness (QED) is 0.772. The number of hydrogen-bond acceptors (Lipinski definition) is 4. The molecule has 0 saturated carbocycles. The summed E-state index contributed by atoms with van der Waals surface area (Å²) in [4.78, 5) is 38.0. The SMILES string of the molecule is CC(=O)N(C)CC(=O)NCc1ccc(C(=O)O)nc1. The van der Waals surface area contributed by atoms with E-state index in [0.717, 1.165) is 0 Å². The van der Waals surface area contributed by atoms with Gasteiger partial charge in [0.05, 0.1) is 6.54 Å². The van der Waals surface area contributed by atoms with Crippen LogP contribution in [0.1, 0.15) is 23.0 Å². The van der Waals surface area contributed by atoms with Gasteiger partial charge in [0.25, 0.3) is 0 Å². The Hall–Kier alpha value is -2.44. The Morgan fingerprint density at radius 3 is 2.53 bits per heavy atom. The number of nitrogens with one attached hydrogen (secondary N) is 1. The van der Waals surface area contributed by atoms with Crippen molar-refractivity contribution < 1.29 is 19.5 Å². The molecule has 1 aromatic rings. The van der Waals surface area contributed by atoms with Crippen LogP contribution in [0.3, 0.4) is 0 Å². The minimum Gasteiger partial charge on any atom is -0.477 e. The van der Waals surface area contributed by atoms with Crippen molar-refractivity contribution in [2.24, 2.45) is 0 Å². The Kier molecular flexibility index (Phi) is 4.99. The second-order valence-electron chi connectivity index (χ2n) is 4.01. The summed E-state index contributed by atoms with van der Waals surface area (Å²) in [6, 6.07) is 2.94. The number of carboxylic acids is 1. The van der Waals surface area contributed by atoms with Gasteiger partial charge >= 0.3 is 5.97 Å². The van der Waals surface area contributed by atoms with Gasteiger partial charge in [-0.1, -0.05) is 6.07 Å². The number of pyridine rings is 1. The van der Waals surface area contributed by atoms with Crippen molar-refractivity contribution in [2.75, 3.05) is 13.6 Å². The molecule has 0 aliphatic carbocycles. The van der Waals surface area contributed by atoms with Crippen molar-refractivity contribution in [3.8, 4) is 0 Å². The van der Waals surface area contributed by atoms with Gasteiger partial charge in [-0.25, -0.2) is 9.78 Å². The monoisotopic (exact) mass is 265 g/mol. The normalized spacial score (nSPS) is 9.79. The van der Waals surface area contributed by atoms with Gasteiger partial charge in [-0.3, -0.25) is 9.59 Å². The number of amides is 2. The summed E-state index contributed by atoms with van der Waals surface area (Å²) in [6.07, 6.45) is 1.39. The van der Waals surface area contributed by atoms with Crippen LogP contribution in [0.2, 0.25) is 0 Å². The van der Waals surface area contributed by atoms with Crippen molar-refractivity contribution in [2.45, 2.75) is 13.5 Å². The predicted molar refractivity (Wildman–Crippen MR) is 66.4 cm³/mol. The number of carbonyl (C=O) groups excluding carboxylic acids is 2. The van der Waals surface area contributed by atoms with Gasteiger partial charge in [0.2, 0.25) is 11.8 Å². The van der Waals surface area contributed by atoms with Crippen molar-refractivity contribution >= 4 is 17.8 Å². The summed E-state index contributed by atoms with van der Waals surface area (Å²) < 4.78 is 0. The molecular weight excluding hydrogens is 250 g/mol. The number of nitrogens with zero attached hydrogens (tertiary/aromatic N) is 2. The molecule has 102 valence electrons. The van der Waals surface area contributed by atoms with Crippen LogP contribution in [-0.2, 0) is 16.1 Å². The van der Waals surface area contributed by atoms with Gasteiger partial charge in [0.1, 0.15) is 5.69 Å². The number of aromatic carboxylic acids is 1. The Labute approximate surface area is 110 Å². The first-order valence-corrected chi connectivity index (χ1v) is 5.56. The number of aromatic nitrogens is 1. The van der Waals surface area contributed by atoms with E-state index in [2.05, 4.69) is 10.3 Å². The molecule has 0 spiro atoms. The van der Waals surface area contributed by atoms with Crippen molar-refractivity contribution in [1.82, 2.24) is 15.2 Å². The van der Waals surface area contributed by atoms with Crippen molar-refractivity contribution in [3.63, 3.8) is 0 Å². The molecule has 0 bridgehead atoms. The average molecular weight is 265 g/mol. The molecule has 2 amide bonds. The van der Waals surface area contributed by atoms with Gasteiger partial charge in [-0.15, -0.1) is 0 Å². The molecule has 2 N–H and O–H groups in total. The van der Waals surface area contributed by atoms with E-state index in [9.17, 15) is 14.4 Å². The molecule has 7 nitrogen and oxygen atoms in total. The Bertz CT molecular complexity index is 484. The Morgan fingerprint density at radius 1 is 1.37 bits per heavy atom. The highest BCUT2D eigenvalue weighted by Gasteiger charge is 2.09. The largest absolute Gasteiger partial charge is 0.477 e. The van der Waals surface area contributed by atoms with Gasteiger partial charge < -0.3 is 15.3 Å². The molecule has 0 saturated heterocycles. The van der Waals surface area contributed by atoms with Crippen LogP contribution < -0.4 is 5.32 Å². The molecule has 1 rings (SSSR count). The second-order valence-corrected chi connectivity index (χ2v) is 4.01. The Balaban J connectivity index is 2.46. The third-order valence-electron chi connectivity index (χ3n) is 2.45. The second kappa shape index (κ2) is 6.48. The summed E-state index contributed by atoms with van der Waals surface area (Å²) >= 11 is 0. The molecule has 0 atom stereocenters. The molecule has 0 fully saturated rings. The van der Waals surface area contributed by atoms with Gasteiger partial charge in [0.15, 0.2) is 0 Å². The summed E-state index contributed by atoms with van der Waals surface area (Å²) in [5, 5.41) is 11.3. The van der Waals surface area contributed by atoms with Gasteiger partial charge in [0, 0.05) is 26.7 Å². The first-order valence-electron chi connectivity index (χ1n) is 5.56.